The van der Waals surface area contributed by atoms with Gasteiger partial charge in [-0.3, -0.25) is 4.79 Å². The van der Waals surface area contributed by atoms with E-state index in [0.29, 0.717) is 44.6 Å². The molecule has 0 aromatic heterocycles. The van der Waals surface area contributed by atoms with E-state index in [1.54, 1.807) is 31.1 Å². The zero-order valence-electron chi connectivity index (χ0n) is 20.2. The van der Waals surface area contributed by atoms with Crippen molar-refractivity contribution in [3.05, 3.63) is 54.1 Å². The van der Waals surface area contributed by atoms with E-state index in [0.717, 1.165) is 18.6 Å². The normalized spacial score (nSPS) is 19.8. The van der Waals surface area contributed by atoms with Crippen molar-refractivity contribution < 1.29 is 27.5 Å². The van der Waals surface area contributed by atoms with E-state index < -0.39 is 22.2 Å². The molecule has 1 atom stereocenters. The summed E-state index contributed by atoms with van der Waals surface area (Å²) in [4.78, 5) is 20.3. The Kier molecular flexibility index (Phi) is 8.27. The molecule has 0 bridgehead atoms. The maximum absolute atomic E-state index is 13.7. The van der Waals surface area contributed by atoms with E-state index >= 15 is 0 Å². The largest absolute Gasteiger partial charge is 0.490 e. The number of ether oxygens (including phenoxy) is 2. The molecule has 9 nitrogen and oxygen atoms in total. The summed E-state index contributed by atoms with van der Waals surface area (Å²) >= 11 is 0. The van der Waals surface area contributed by atoms with E-state index in [2.05, 4.69) is 5.48 Å². The molecule has 2 aliphatic heterocycles. The highest BCUT2D eigenvalue weighted by atomic mass is 32.2. The molecular weight excluding hydrogens is 470 g/mol. The van der Waals surface area contributed by atoms with Crippen LogP contribution in [-0.2, 0) is 19.6 Å². The summed E-state index contributed by atoms with van der Waals surface area (Å²) in [5, 5.41) is 0. The van der Waals surface area contributed by atoms with Crippen molar-refractivity contribution in [1.82, 2.24) is 9.79 Å². The quantitative estimate of drug-likeness (QED) is 0.553. The van der Waals surface area contributed by atoms with Crippen LogP contribution in [-0.4, -0.2) is 64.8 Å². The molecule has 1 unspecified atom stereocenters. The summed E-state index contributed by atoms with van der Waals surface area (Å²) in [6.45, 7) is 1.18. The highest BCUT2D eigenvalue weighted by Gasteiger charge is 2.34. The Balaban J connectivity index is 1.50. The van der Waals surface area contributed by atoms with Gasteiger partial charge < -0.3 is 14.4 Å². The summed E-state index contributed by atoms with van der Waals surface area (Å²) in [5.74, 6) is 0.151. The van der Waals surface area contributed by atoms with E-state index in [1.807, 2.05) is 30.3 Å². The first-order chi connectivity index (χ1) is 16.9. The molecule has 0 aliphatic carbocycles. The van der Waals surface area contributed by atoms with Crippen LogP contribution in [0, 0.1) is 0 Å². The summed E-state index contributed by atoms with van der Waals surface area (Å²) < 4.78 is 40.3. The predicted molar refractivity (Wildman–Crippen MR) is 132 cm³/mol. The van der Waals surface area contributed by atoms with Crippen LogP contribution < -0.4 is 15.1 Å². The van der Waals surface area contributed by atoms with E-state index in [-0.39, 0.29) is 16.6 Å². The fraction of sp³-hybridized carbons (Fsp3) is 0.480. The molecule has 1 amide bonds. The van der Waals surface area contributed by atoms with Gasteiger partial charge in [-0.25, -0.2) is 18.7 Å². The molecule has 0 radical (unpaired) electrons. The van der Waals surface area contributed by atoms with Crippen molar-refractivity contribution in [3.8, 4) is 5.75 Å². The van der Waals surface area contributed by atoms with Crippen molar-refractivity contribution in [2.24, 2.45) is 0 Å². The smallest absolute Gasteiger partial charge is 0.278 e. The third-order valence-electron chi connectivity index (χ3n) is 6.20. The number of sulfonamides is 1. The number of para-hydroxylation sites is 1. The third-order valence-corrected chi connectivity index (χ3v) is 8.14. The molecule has 0 saturated carbocycles. The van der Waals surface area contributed by atoms with Crippen molar-refractivity contribution in [2.75, 3.05) is 38.7 Å². The minimum atomic E-state index is -3.93. The number of hydrogen-bond donors (Lipinski definition) is 1. The number of amides is 1. The summed E-state index contributed by atoms with van der Waals surface area (Å²) in [7, 11) is -0.402. The summed E-state index contributed by atoms with van der Waals surface area (Å²) in [6, 6.07) is 14.3. The molecule has 2 aliphatic rings. The van der Waals surface area contributed by atoms with Gasteiger partial charge in [-0.15, -0.1) is 0 Å². The van der Waals surface area contributed by atoms with Gasteiger partial charge in [0.25, 0.3) is 5.91 Å². The Morgan fingerprint density at radius 1 is 1.03 bits per heavy atom. The monoisotopic (exact) mass is 503 g/mol. The fourth-order valence-electron chi connectivity index (χ4n) is 4.33. The number of benzene rings is 2. The number of anilines is 1. The van der Waals surface area contributed by atoms with Crippen LogP contribution in [0.15, 0.2) is 53.4 Å². The Morgan fingerprint density at radius 3 is 2.43 bits per heavy atom. The zero-order chi connectivity index (χ0) is 24.8. The highest BCUT2D eigenvalue weighted by molar-refractivity contribution is 7.89. The minimum Gasteiger partial charge on any atom is -0.490 e. The molecule has 2 fully saturated rings. The van der Waals surface area contributed by atoms with Gasteiger partial charge >= 0.3 is 0 Å². The van der Waals surface area contributed by atoms with Crippen molar-refractivity contribution in [1.29, 1.82) is 0 Å². The first kappa shape index (κ1) is 25.4. The highest BCUT2D eigenvalue weighted by Crippen LogP contribution is 2.30. The lowest BCUT2D eigenvalue weighted by molar-refractivity contribution is -0.186. The number of rotatable bonds is 8. The summed E-state index contributed by atoms with van der Waals surface area (Å²) in [6.07, 6.45) is 3.08. The topological polar surface area (TPSA) is 97.4 Å². The number of nitrogens with one attached hydrogen (secondary N) is 1. The number of nitrogens with zero attached hydrogens (tertiary/aromatic N) is 2. The van der Waals surface area contributed by atoms with Gasteiger partial charge in [0.1, 0.15) is 11.9 Å². The molecule has 10 heteroatoms. The molecule has 0 spiro atoms. The number of carbonyl (C=O) groups excluding carboxylic acids is 1. The second kappa shape index (κ2) is 11.4. The number of hydrogen-bond acceptors (Lipinski definition) is 7. The van der Waals surface area contributed by atoms with Crippen LogP contribution >= 0.6 is 0 Å². The number of hydroxylamine groups is 1. The van der Waals surface area contributed by atoms with Gasteiger partial charge in [0.2, 0.25) is 10.0 Å². The van der Waals surface area contributed by atoms with Crippen molar-refractivity contribution in [3.63, 3.8) is 0 Å². The van der Waals surface area contributed by atoms with Gasteiger partial charge in [-0.2, -0.15) is 4.31 Å². The molecular formula is C25H33N3O6S. The Morgan fingerprint density at radius 2 is 1.77 bits per heavy atom. The molecule has 2 aromatic rings. The maximum atomic E-state index is 13.7. The first-order valence-corrected chi connectivity index (χ1v) is 13.4. The third kappa shape index (κ3) is 6.13. The molecule has 2 aromatic carbocycles. The van der Waals surface area contributed by atoms with Crippen molar-refractivity contribution in [2.45, 2.75) is 49.4 Å². The second-order valence-corrected chi connectivity index (χ2v) is 10.8. The first-order valence-electron chi connectivity index (χ1n) is 12.0. The van der Waals surface area contributed by atoms with Gasteiger partial charge in [0.05, 0.1) is 16.1 Å². The predicted octanol–water partition coefficient (Wildman–Crippen LogP) is 3.17. The van der Waals surface area contributed by atoms with Crippen molar-refractivity contribution >= 4 is 21.6 Å². The minimum absolute atomic E-state index is 0.0446. The van der Waals surface area contributed by atoms with Gasteiger partial charge in [-0.1, -0.05) is 24.3 Å². The number of piperidine rings is 1. The van der Waals surface area contributed by atoms with Crippen LogP contribution in [0.25, 0.3) is 0 Å². The molecule has 2 heterocycles. The SMILES string of the molecule is CN(C)c1cccc(S(=O)(=O)N2CCC(Oc3ccccc3)CC2)c1C(=O)NOC1CCCCO1. The fourth-order valence-corrected chi connectivity index (χ4v) is 6.01. The standard InChI is InChI=1S/C25H33N3O6S/c1-27(2)21-11-8-12-22(24(21)25(29)26-34-23-13-6-7-18-32-23)35(30,31)28-16-14-20(15-17-28)33-19-9-4-3-5-10-19/h3-5,8-12,20,23H,6-7,13-18H2,1-2H3,(H,26,29). The number of carbonyl (C=O) groups is 1. The Labute approximate surface area is 207 Å². The van der Waals surface area contributed by atoms with Gasteiger partial charge in [0, 0.05) is 40.2 Å². The molecule has 4 rings (SSSR count). The van der Waals surface area contributed by atoms with Gasteiger partial charge in [0.15, 0.2) is 6.29 Å². The Hall–Kier alpha value is -2.66. The molecule has 35 heavy (non-hydrogen) atoms. The molecule has 2 saturated heterocycles. The van der Waals surface area contributed by atoms with E-state index in [1.165, 1.54) is 10.4 Å². The van der Waals surface area contributed by atoms with Gasteiger partial charge in [-0.05, 0) is 49.9 Å². The average molecular weight is 504 g/mol. The maximum Gasteiger partial charge on any atom is 0.278 e. The molecule has 190 valence electrons. The van der Waals surface area contributed by atoms with Crippen LogP contribution in [0.3, 0.4) is 0 Å². The van der Waals surface area contributed by atoms with Crippen LogP contribution in [0.2, 0.25) is 0 Å². The lowest BCUT2D eigenvalue weighted by Crippen LogP contribution is -2.42. The Bertz CT molecular complexity index is 1100. The molecule has 1 N–H and O–H groups in total. The lowest BCUT2D eigenvalue weighted by atomic mass is 10.1. The lowest BCUT2D eigenvalue weighted by Gasteiger charge is -2.32. The van der Waals surface area contributed by atoms with E-state index in [9.17, 15) is 13.2 Å². The zero-order valence-corrected chi connectivity index (χ0v) is 21.0. The average Bonchev–Trinajstić information content (AvgIpc) is 2.88. The second-order valence-electron chi connectivity index (χ2n) is 8.92. The van der Waals surface area contributed by atoms with Crippen LogP contribution in [0.1, 0.15) is 42.5 Å². The van der Waals surface area contributed by atoms with E-state index in [4.69, 9.17) is 14.3 Å². The van der Waals surface area contributed by atoms with Crippen LogP contribution in [0.4, 0.5) is 5.69 Å². The van der Waals surface area contributed by atoms with Crippen LogP contribution in [0.5, 0.6) is 5.75 Å². The summed E-state index contributed by atoms with van der Waals surface area (Å²) in [5.41, 5.74) is 2.96.